The average molecular weight is 367 g/mol. The van der Waals surface area contributed by atoms with Gasteiger partial charge in [0.25, 0.3) is 5.91 Å². The first-order valence-electron chi connectivity index (χ1n) is 8.25. The van der Waals surface area contributed by atoms with Gasteiger partial charge in [0, 0.05) is 25.2 Å². The number of ether oxygens (including phenoxy) is 3. The number of amides is 1. The zero-order valence-corrected chi connectivity index (χ0v) is 15.5. The summed E-state index contributed by atoms with van der Waals surface area (Å²) in [7, 11) is 3.08. The SMILES string of the molecule is COc1ccc(C(=O)NC(=S)NCCCN2CCOCC2)cc1OC. The van der Waals surface area contributed by atoms with Crippen LogP contribution in [0.5, 0.6) is 11.5 Å². The van der Waals surface area contributed by atoms with Crippen LogP contribution in [0, 0.1) is 0 Å². The largest absolute Gasteiger partial charge is 0.493 e. The minimum absolute atomic E-state index is 0.286. The molecule has 0 radical (unpaired) electrons. The minimum Gasteiger partial charge on any atom is -0.493 e. The second-order valence-corrected chi connectivity index (χ2v) is 6.00. The number of rotatable bonds is 7. The minimum atomic E-state index is -0.286. The smallest absolute Gasteiger partial charge is 0.257 e. The van der Waals surface area contributed by atoms with E-state index in [1.165, 1.54) is 7.11 Å². The highest BCUT2D eigenvalue weighted by Crippen LogP contribution is 2.27. The molecule has 1 aliphatic heterocycles. The Morgan fingerprint density at radius 2 is 1.96 bits per heavy atom. The van der Waals surface area contributed by atoms with Gasteiger partial charge in [0.2, 0.25) is 0 Å². The fourth-order valence-electron chi connectivity index (χ4n) is 2.53. The van der Waals surface area contributed by atoms with Crippen LogP contribution in [-0.2, 0) is 4.74 Å². The van der Waals surface area contributed by atoms with Crippen LogP contribution in [0.1, 0.15) is 16.8 Å². The van der Waals surface area contributed by atoms with E-state index in [0.717, 1.165) is 39.3 Å². The number of hydrogen-bond acceptors (Lipinski definition) is 6. The van der Waals surface area contributed by atoms with Crippen molar-refractivity contribution in [1.82, 2.24) is 15.5 Å². The Hall–Kier alpha value is -1.90. The second kappa shape index (κ2) is 10.2. The predicted octanol–water partition coefficient (Wildman–Crippen LogP) is 1.03. The topological polar surface area (TPSA) is 72.1 Å². The fraction of sp³-hybridized carbons (Fsp3) is 0.529. The molecule has 1 aromatic rings. The lowest BCUT2D eigenvalue weighted by Crippen LogP contribution is -2.41. The number of carbonyl (C=O) groups is 1. The maximum atomic E-state index is 12.2. The molecule has 0 spiro atoms. The van der Waals surface area contributed by atoms with Crippen molar-refractivity contribution in [3.8, 4) is 11.5 Å². The van der Waals surface area contributed by atoms with Crippen LogP contribution in [-0.4, -0.2) is 69.5 Å². The number of hydrogen-bond donors (Lipinski definition) is 2. The van der Waals surface area contributed by atoms with Gasteiger partial charge in [0.15, 0.2) is 16.6 Å². The number of benzene rings is 1. The molecule has 25 heavy (non-hydrogen) atoms. The van der Waals surface area contributed by atoms with E-state index in [2.05, 4.69) is 15.5 Å². The highest BCUT2D eigenvalue weighted by Gasteiger charge is 2.12. The Kier molecular flexibility index (Phi) is 7.90. The summed E-state index contributed by atoms with van der Waals surface area (Å²) in [4.78, 5) is 14.6. The van der Waals surface area contributed by atoms with Crippen molar-refractivity contribution in [1.29, 1.82) is 0 Å². The Morgan fingerprint density at radius 3 is 2.64 bits per heavy atom. The molecular weight excluding hydrogens is 342 g/mol. The van der Waals surface area contributed by atoms with Gasteiger partial charge in [-0.2, -0.15) is 0 Å². The van der Waals surface area contributed by atoms with E-state index in [-0.39, 0.29) is 5.91 Å². The Balaban J connectivity index is 1.73. The van der Waals surface area contributed by atoms with Crippen molar-refractivity contribution in [2.45, 2.75) is 6.42 Å². The Bertz CT molecular complexity index is 591. The number of nitrogens with one attached hydrogen (secondary N) is 2. The van der Waals surface area contributed by atoms with E-state index in [1.54, 1.807) is 25.3 Å². The van der Waals surface area contributed by atoms with E-state index in [0.29, 0.717) is 28.7 Å². The van der Waals surface area contributed by atoms with E-state index in [9.17, 15) is 4.79 Å². The normalized spacial score (nSPS) is 14.6. The lowest BCUT2D eigenvalue weighted by atomic mass is 10.2. The van der Waals surface area contributed by atoms with Gasteiger partial charge in [-0.05, 0) is 43.4 Å². The van der Waals surface area contributed by atoms with Gasteiger partial charge in [-0.25, -0.2) is 0 Å². The van der Waals surface area contributed by atoms with Crippen molar-refractivity contribution in [3.63, 3.8) is 0 Å². The summed E-state index contributed by atoms with van der Waals surface area (Å²) in [6, 6.07) is 4.97. The van der Waals surface area contributed by atoms with Crippen LogP contribution >= 0.6 is 12.2 Å². The maximum absolute atomic E-state index is 12.2. The summed E-state index contributed by atoms with van der Waals surface area (Å²) in [5.41, 5.74) is 0.454. The van der Waals surface area contributed by atoms with Gasteiger partial charge in [-0.1, -0.05) is 0 Å². The first-order chi connectivity index (χ1) is 12.1. The molecule has 2 N–H and O–H groups in total. The molecule has 1 amide bonds. The van der Waals surface area contributed by atoms with Crippen LogP contribution in [0.3, 0.4) is 0 Å². The molecule has 138 valence electrons. The van der Waals surface area contributed by atoms with E-state index in [1.807, 2.05) is 0 Å². The van der Waals surface area contributed by atoms with Gasteiger partial charge < -0.3 is 19.5 Å². The number of morpholine rings is 1. The molecule has 7 nitrogen and oxygen atoms in total. The molecule has 2 rings (SSSR count). The van der Waals surface area contributed by atoms with Gasteiger partial charge in [-0.3, -0.25) is 15.0 Å². The Labute approximate surface area is 153 Å². The summed E-state index contributed by atoms with van der Waals surface area (Å²) in [6.45, 7) is 5.24. The molecule has 0 atom stereocenters. The molecule has 1 aliphatic rings. The fourth-order valence-corrected chi connectivity index (χ4v) is 2.72. The zero-order valence-electron chi connectivity index (χ0n) is 14.7. The van der Waals surface area contributed by atoms with Crippen LogP contribution in [0.4, 0.5) is 0 Å². The van der Waals surface area contributed by atoms with Gasteiger partial charge in [0.05, 0.1) is 27.4 Å². The van der Waals surface area contributed by atoms with Crippen molar-refractivity contribution < 1.29 is 19.0 Å². The maximum Gasteiger partial charge on any atom is 0.257 e. The molecule has 1 saturated heterocycles. The lowest BCUT2D eigenvalue weighted by Gasteiger charge is -2.26. The molecule has 0 aromatic heterocycles. The first kappa shape index (κ1) is 19.4. The standard InChI is InChI=1S/C17H25N3O4S/c1-22-14-5-4-13(12-15(14)23-2)16(21)19-17(25)18-6-3-7-20-8-10-24-11-9-20/h4-5,12H,3,6-11H2,1-2H3,(H2,18,19,21,25). The summed E-state index contributed by atoms with van der Waals surface area (Å²) in [5, 5.41) is 6.06. The van der Waals surface area contributed by atoms with Crippen LogP contribution in [0.2, 0.25) is 0 Å². The van der Waals surface area contributed by atoms with E-state index < -0.39 is 0 Å². The third kappa shape index (κ3) is 6.15. The van der Waals surface area contributed by atoms with Crippen molar-refractivity contribution in [3.05, 3.63) is 23.8 Å². The summed E-state index contributed by atoms with van der Waals surface area (Å²) < 4.78 is 15.7. The molecule has 1 fully saturated rings. The van der Waals surface area contributed by atoms with Gasteiger partial charge >= 0.3 is 0 Å². The van der Waals surface area contributed by atoms with E-state index in [4.69, 9.17) is 26.4 Å². The molecule has 1 aromatic carbocycles. The average Bonchev–Trinajstić information content (AvgIpc) is 2.65. The molecule has 8 heteroatoms. The summed E-state index contributed by atoms with van der Waals surface area (Å²) in [5.74, 6) is 0.786. The summed E-state index contributed by atoms with van der Waals surface area (Å²) >= 11 is 5.18. The molecule has 1 heterocycles. The van der Waals surface area contributed by atoms with Crippen molar-refractivity contribution >= 4 is 23.2 Å². The van der Waals surface area contributed by atoms with Crippen LogP contribution in [0.15, 0.2) is 18.2 Å². The van der Waals surface area contributed by atoms with Crippen molar-refractivity contribution in [2.24, 2.45) is 0 Å². The number of methoxy groups -OCH3 is 2. The summed E-state index contributed by atoms with van der Waals surface area (Å²) in [6.07, 6.45) is 0.951. The van der Waals surface area contributed by atoms with Gasteiger partial charge in [0.1, 0.15) is 0 Å². The third-order valence-corrected chi connectivity index (χ3v) is 4.16. The quantitative estimate of drug-likeness (QED) is 0.551. The monoisotopic (exact) mass is 367 g/mol. The van der Waals surface area contributed by atoms with Crippen LogP contribution in [0.25, 0.3) is 0 Å². The Morgan fingerprint density at radius 1 is 1.24 bits per heavy atom. The molecular formula is C17H25N3O4S. The lowest BCUT2D eigenvalue weighted by molar-refractivity contribution is 0.0376. The zero-order chi connectivity index (χ0) is 18.1. The predicted molar refractivity (Wildman–Crippen MR) is 99.5 cm³/mol. The molecule has 0 bridgehead atoms. The van der Waals surface area contributed by atoms with Crippen LogP contribution < -0.4 is 20.1 Å². The van der Waals surface area contributed by atoms with E-state index >= 15 is 0 Å². The number of carbonyl (C=O) groups excluding carboxylic acids is 1. The van der Waals surface area contributed by atoms with Crippen molar-refractivity contribution in [2.75, 3.05) is 53.6 Å². The molecule has 0 aliphatic carbocycles. The van der Waals surface area contributed by atoms with Gasteiger partial charge in [-0.15, -0.1) is 0 Å². The molecule has 0 unspecified atom stereocenters. The third-order valence-electron chi connectivity index (χ3n) is 3.91. The number of thiocarbonyl (C=S) groups is 1. The highest BCUT2D eigenvalue weighted by molar-refractivity contribution is 7.80. The second-order valence-electron chi connectivity index (χ2n) is 5.59. The highest BCUT2D eigenvalue weighted by atomic mass is 32.1. The number of nitrogens with zero attached hydrogens (tertiary/aromatic N) is 1. The molecule has 0 saturated carbocycles. The first-order valence-corrected chi connectivity index (χ1v) is 8.66.